The van der Waals surface area contributed by atoms with Crippen LogP contribution in [-0.4, -0.2) is 5.78 Å². The molecule has 0 saturated heterocycles. The summed E-state index contributed by atoms with van der Waals surface area (Å²) in [4.78, 5) is 12.1. The number of carbonyl (C=O) groups is 1. The average molecular weight is 366 g/mol. The lowest BCUT2D eigenvalue weighted by Crippen LogP contribution is -2.12. The fourth-order valence-corrected chi connectivity index (χ4v) is 3.04. The summed E-state index contributed by atoms with van der Waals surface area (Å²) in [6.45, 7) is 0. The van der Waals surface area contributed by atoms with E-state index in [2.05, 4.69) is 31.9 Å². The Kier molecular flexibility index (Phi) is 8.46. The van der Waals surface area contributed by atoms with Crippen molar-refractivity contribution >= 4 is 37.6 Å². The fourth-order valence-electron chi connectivity index (χ4n) is 2.40. The monoisotopic (exact) mass is 364 g/mol. The van der Waals surface area contributed by atoms with Crippen molar-refractivity contribution in [2.24, 2.45) is 5.92 Å². The zero-order valence-corrected chi connectivity index (χ0v) is 13.6. The number of carbonyl (C=O) groups excluding carboxylic acids is 1. The Bertz CT molecular complexity index is 257. The predicted molar refractivity (Wildman–Crippen MR) is 80.6 cm³/mol. The number of Topliss-reactive ketones (excluding diaryl/α,β-unsaturated/α-hetero) is 1. The summed E-state index contributed by atoms with van der Waals surface area (Å²) >= 11 is 6.74. The molecule has 1 fully saturated rings. The number of rotatable bonds is 1. The van der Waals surface area contributed by atoms with Crippen molar-refractivity contribution in [2.75, 3.05) is 0 Å². The Morgan fingerprint density at radius 3 is 2.06 bits per heavy atom. The molecule has 1 aliphatic rings. The van der Waals surface area contributed by atoms with Gasteiger partial charge in [0, 0.05) is 12.3 Å². The van der Waals surface area contributed by atoms with Gasteiger partial charge in [0.05, 0.1) is 3.39 Å². The minimum Gasteiger partial charge on any atom is -0.299 e. The Morgan fingerprint density at radius 2 is 1.47 bits per heavy atom. The van der Waals surface area contributed by atoms with E-state index < -0.39 is 0 Å². The molecule has 1 rings (SSSR count). The van der Waals surface area contributed by atoms with Crippen LogP contribution in [0.1, 0.15) is 64.2 Å². The quantitative estimate of drug-likeness (QED) is 0.580. The van der Waals surface area contributed by atoms with Crippen LogP contribution in [0.5, 0.6) is 0 Å². The van der Waals surface area contributed by atoms with E-state index in [1.54, 1.807) is 0 Å². The highest BCUT2D eigenvalue weighted by molar-refractivity contribution is 9.28. The maximum absolute atomic E-state index is 12.1. The van der Waals surface area contributed by atoms with Crippen LogP contribution in [0.4, 0.5) is 0 Å². The van der Waals surface area contributed by atoms with E-state index >= 15 is 0 Å². The molecule has 98 valence electrons. The Morgan fingerprint density at radius 1 is 0.941 bits per heavy atom. The minimum atomic E-state index is 0.114. The lowest BCUT2D eigenvalue weighted by molar-refractivity contribution is -0.121. The molecule has 0 heterocycles. The molecule has 0 N–H and O–H groups in total. The summed E-state index contributed by atoms with van der Waals surface area (Å²) in [5, 5.41) is 0. The average Bonchev–Trinajstić information content (AvgIpc) is 2.27. The lowest BCUT2D eigenvalue weighted by Gasteiger charge is -2.13. The van der Waals surface area contributed by atoms with Crippen LogP contribution in [0.3, 0.4) is 0 Å². The maximum atomic E-state index is 12.1. The molecule has 0 aromatic carbocycles. The smallest absolute Gasteiger partial charge is 0.139 e. The van der Waals surface area contributed by atoms with Gasteiger partial charge in [0.1, 0.15) is 5.78 Å². The molecule has 1 aliphatic carbocycles. The standard InChI is InChI=1S/C14H22Br2O/c15-14(16)11-12-9-7-5-3-1-2-4-6-8-10-13(12)17/h11-12H,1-10H2. The molecule has 0 bridgehead atoms. The van der Waals surface area contributed by atoms with E-state index in [1.807, 2.05) is 6.08 Å². The van der Waals surface area contributed by atoms with Gasteiger partial charge in [-0.25, -0.2) is 0 Å². The molecule has 0 amide bonds. The Labute approximate surface area is 122 Å². The van der Waals surface area contributed by atoms with Crippen LogP contribution in [0.2, 0.25) is 0 Å². The summed E-state index contributed by atoms with van der Waals surface area (Å²) in [7, 11) is 0. The second-order valence-corrected chi connectivity index (χ2v) is 7.67. The second kappa shape index (κ2) is 9.32. The number of allylic oxidation sites excluding steroid dienone is 1. The topological polar surface area (TPSA) is 17.1 Å². The maximum Gasteiger partial charge on any atom is 0.139 e. The number of halogens is 2. The van der Waals surface area contributed by atoms with Crippen molar-refractivity contribution in [3.8, 4) is 0 Å². The minimum absolute atomic E-state index is 0.114. The largest absolute Gasteiger partial charge is 0.299 e. The van der Waals surface area contributed by atoms with Gasteiger partial charge >= 0.3 is 0 Å². The van der Waals surface area contributed by atoms with Gasteiger partial charge in [0.25, 0.3) is 0 Å². The molecule has 0 aromatic rings. The normalized spacial score (nSPS) is 24.6. The second-order valence-electron chi connectivity index (χ2n) is 4.90. The summed E-state index contributed by atoms with van der Waals surface area (Å²) < 4.78 is 0.912. The molecule has 3 heteroatoms. The molecule has 0 aliphatic heterocycles. The van der Waals surface area contributed by atoms with Gasteiger partial charge < -0.3 is 0 Å². The van der Waals surface area contributed by atoms with E-state index in [1.165, 1.54) is 44.9 Å². The number of hydrogen-bond donors (Lipinski definition) is 0. The van der Waals surface area contributed by atoms with Crippen LogP contribution >= 0.6 is 31.9 Å². The zero-order chi connectivity index (χ0) is 12.5. The van der Waals surface area contributed by atoms with Crippen molar-refractivity contribution in [2.45, 2.75) is 64.2 Å². The first-order valence-corrected chi connectivity index (χ1v) is 8.34. The third-order valence-corrected chi connectivity index (χ3v) is 3.96. The summed E-state index contributed by atoms with van der Waals surface area (Å²) in [5.41, 5.74) is 0. The molecule has 17 heavy (non-hydrogen) atoms. The van der Waals surface area contributed by atoms with Crippen molar-refractivity contribution in [3.63, 3.8) is 0 Å². The first-order valence-electron chi connectivity index (χ1n) is 6.75. The third-order valence-electron chi connectivity index (χ3n) is 3.43. The van der Waals surface area contributed by atoms with Crippen molar-refractivity contribution in [1.82, 2.24) is 0 Å². The van der Waals surface area contributed by atoms with Crippen LogP contribution in [0.15, 0.2) is 9.47 Å². The summed E-state index contributed by atoms with van der Waals surface area (Å²) in [6, 6.07) is 0. The predicted octanol–water partition coefficient (Wildman–Crippen LogP) is 5.72. The highest BCUT2D eigenvalue weighted by Crippen LogP contribution is 2.24. The highest BCUT2D eigenvalue weighted by Gasteiger charge is 2.15. The Balaban J connectivity index is 2.51. The van der Waals surface area contributed by atoms with E-state index in [4.69, 9.17) is 0 Å². The van der Waals surface area contributed by atoms with Gasteiger partial charge in [0.15, 0.2) is 0 Å². The molecule has 0 spiro atoms. The van der Waals surface area contributed by atoms with Gasteiger partial charge in [0.2, 0.25) is 0 Å². The van der Waals surface area contributed by atoms with Crippen LogP contribution in [0.25, 0.3) is 0 Å². The molecule has 1 atom stereocenters. The third kappa shape index (κ3) is 7.40. The molecular formula is C14H22Br2O. The highest BCUT2D eigenvalue weighted by atomic mass is 79.9. The summed E-state index contributed by atoms with van der Waals surface area (Å²) in [6.07, 6.45) is 13.9. The van der Waals surface area contributed by atoms with Gasteiger partial charge in [-0.2, -0.15) is 0 Å². The van der Waals surface area contributed by atoms with Crippen molar-refractivity contribution in [1.29, 1.82) is 0 Å². The fraction of sp³-hybridized carbons (Fsp3) is 0.786. The van der Waals surface area contributed by atoms with E-state index in [0.29, 0.717) is 5.78 Å². The molecule has 0 radical (unpaired) electrons. The van der Waals surface area contributed by atoms with E-state index in [9.17, 15) is 4.79 Å². The molecule has 1 unspecified atom stereocenters. The lowest BCUT2D eigenvalue weighted by atomic mass is 9.92. The SMILES string of the molecule is O=C1CCCCCCCCCCC1C=C(Br)Br. The van der Waals surface area contributed by atoms with Gasteiger partial charge in [-0.3, -0.25) is 4.79 Å². The van der Waals surface area contributed by atoms with Crippen LogP contribution < -0.4 is 0 Å². The first-order chi connectivity index (χ1) is 8.20. The van der Waals surface area contributed by atoms with Gasteiger partial charge in [-0.1, -0.05) is 51.0 Å². The van der Waals surface area contributed by atoms with Gasteiger partial charge in [-0.15, -0.1) is 0 Å². The molecular weight excluding hydrogens is 344 g/mol. The van der Waals surface area contributed by atoms with E-state index in [-0.39, 0.29) is 5.92 Å². The molecule has 0 aromatic heterocycles. The van der Waals surface area contributed by atoms with Crippen molar-refractivity contribution in [3.05, 3.63) is 9.47 Å². The zero-order valence-electron chi connectivity index (χ0n) is 10.4. The summed E-state index contributed by atoms with van der Waals surface area (Å²) in [5.74, 6) is 0.533. The van der Waals surface area contributed by atoms with Crippen molar-refractivity contribution < 1.29 is 4.79 Å². The molecule has 1 nitrogen and oxygen atoms in total. The molecule has 1 saturated carbocycles. The Hall–Kier alpha value is 0.370. The number of hydrogen-bond acceptors (Lipinski definition) is 1. The van der Waals surface area contributed by atoms with E-state index in [0.717, 1.165) is 22.7 Å². The first kappa shape index (κ1) is 15.4. The van der Waals surface area contributed by atoms with Gasteiger partial charge in [-0.05, 0) is 44.7 Å². The number of ketones is 1. The van der Waals surface area contributed by atoms with Crippen LogP contribution in [0, 0.1) is 5.92 Å². The van der Waals surface area contributed by atoms with Crippen LogP contribution in [-0.2, 0) is 4.79 Å².